The molecule has 29 heavy (non-hydrogen) atoms. The molecule has 0 bridgehead atoms. The molecule has 4 aliphatic rings. The summed E-state index contributed by atoms with van der Waals surface area (Å²) in [7, 11) is 0. The van der Waals surface area contributed by atoms with Crippen LogP contribution < -0.4 is 0 Å². The summed E-state index contributed by atoms with van der Waals surface area (Å²) >= 11 is 0. The zero-order valence-electron chi connectivity index (χ0n) is 19.7. The standard InChI is InChI=1S/C27H46O2/c1-17(2)7-6-8-18(3)22-11-12-23-21-10-9-19-15-20(28)13-14-26(19,4)25(21)24(29)16-27(22,23)5/h17-20,22-24,28-29H,6-16H2,1-5H3/t18-,19?,20+,22-,23+,24+,26+,27-/m1/s1. The molecule has 0 aliphatic heterocycles. The van der Waals surface area contributed by atoms with Crippen LogP contribution in [0.3, 0.4) is 0 Å². The highest BCUT2D eigenvalue weighted by molar-refractivity contribution is 5.37. The van der Waals surface area contributed by atoms with E-state index in [4.69, 9.17) is 0 Å². The zero-order chi connectivity index (χ0) is 21.0. The summed E-state index contributed by atoms with van der Waals surface area (Å²) < 4.78 is 0. The van der Waals surface area contributed by atoms with E-state index in [-0.39, 0.29) is 23.0 Å². The third kappa shape index (κ3) is 3.65. The lowest BCUT2D eigenvalue weighted by molar-refractivity contribution is -0.0199. The fourth-order valence-electron chi connectivity index (χ4n) is 8.59. The van der Waals surface area contributed by atoms with Crippen molar-refractivity contribution in [3.63, 3.8) is 0 Å². The average molecular weight is 403 g/mol. The molecule has 2 heteroatoms. The topological polar surface area (TPSA) is 40.5 Å². The van der Waals surface area contributed by atoms with Gasteiger partial charge >= 0.3 is 0 Å². The normalized spacial score (nSPS) is 45.7. The maximum absolute atomic E-state index is 11.5. The molecule has 0 aromatic heterocycles. The van der Waals surface area contributed by atoms with Gasteiger partial charge in [-0.05, 0) is 97.4 Å². The Balaban J connectivity index is 1.58. The summed E-state index contributed by atoms with van der Waals surface area (Å²) in [6.07, 6.45) is 12.7. The van der Waals surface area contributed by atoms with Crippen molar-refractivity contribution in [1.82, 2.24) is 0 Å². The second-order valence-corrected chi connectivity index (χ2v) is 12.3. The van der Waals surface area contributed by atoms with Crippen molar-refractivity contribution in [2.75, 3.05) is 0 Å². The van der Waals surface area contributed by atoms with E-state index in [9.17, 15) is 10.2 Å². The molecule has 0 amide bonds. The Morgan fingerprint density at radius 1 is 1.00 bits per heavy atom. The summed E-state index contributed by atoms with van der Waals surface area (Å²) in [6, 6.07) is 0. The summed E-state index contributed by atoms with van der Waals surface area (Å²) in [5.74, 6) is 3.61. The quantitative estimate of drug-likeness (QED) is 0.515. The van der Waals surface area contributed by atoms with Gasteiger partial charge in [-0.25, -0.2) is 0 Å². The van der Waals surface area contributed by atoms with Gasteiger partial charge in [-0.15, -0.1) is 0 Å². The number of fused-ring (bicyclic) bond motifs is 4. The van der Waals surface area contributed by atoms with Crippen LogP contribution in [0.2, 0.25) is 0 Å². The van der Waals surface area contributed by atoms with Gasteiger partial charge in [0.15, 0.2) is 0 Å². The minimum Gasteiger partial charge on any atom is -0.393 e. The largest absolute Gasteiger partial charge is 0.393 e. The van der Waals surface area contributed by atoms with Crippen LogP contribution in [0.15, 0.2) is 11.1 Å². The number of hydrogen-bond donors (Lipinski definition) is 2. The van der Waals surface area contributed by atoms with E-state index in [1.807, 2.05) is 0 Å². The van der Waals surface area contributed by atoms with Gasteiger partial charge < -0.3 is 10.2 Å². The van der Waals surface area contributed by atoms with Gasteiger partial charge in [0.1, 0.15) is 0 Å². The summed E-state index contributed by atoms with van der Waals surface area (Å²) in [6.45, 7) is 12.1. The van der Waals surface area contributed by atoms with E-state index >= 15 is 0 Å². The molecule has 166 valence electrons. The lowest BCUT2D eigenvalue weighted by atomic mass is 9.49. The molecule has 0 spiro atoms. The molecule has 8 atom stereocenters. The van der Waals surface area contributed by atoms with Crippen molar-refractivity contribution < 1.29 is 10.2 Å². The van der Waals surface area contributed by atoms with Crippen LogP contribution in [0.5, 0.6) is 0 Å². The van der Waals surface area contributed by atoms with Gasteiger partial charge in [0, 0.05) is 0 Å². The molecule has 2 saturated carbocycles. The Hall–Kier alpha value is -0.340. The lowest BCUT2D eigenvalue weighted by Crippen LogP contribution is -2.50. The molecule has 0 aromatic rings. The molecule has 0 radical (unpaired) electrons. The number of aliphatic hydroxyl groups excluding tert-OH is 2. The zero-order valence-corrected chi connectivity index (χ0v) is 19.7. The average Bonchev–Trinajstić information content (AvgIpc) is 2.98. The summed E-state index contributed by atoms with van der Waals surface area (Å²) in [5, 5.41) is 21.8. The van der Waals surface area contributed by atoms with E-state index in [0.717, 1.165) is 43.4 Å². The van der Waals surface area contributed by atoms with E-state index in [0.29, 0.717) is 11.8 Å². The molecule has 2 N–H and O–H groups in total. The van der Waals surface area contributed by atoms with Crippen molar-refractivity contribution in [2.45, 2.75) is 117 Å². The minimum absolute atomic E-state index is 0.122. The Morgan fingerprint density at radius 3 is 2.48 bits per heavy atom. The summed E-state index contributed by atoms with van der Waals surface area (Å²) in [4.78, 5) is 0. The minimum atomic E-state index is -0.252. The number of hydrogen-bond acceptors (Lipinski definition) is 2. The van der Waals surface area contributed by atoms with Crippen LogP contribution in [0.25, 0.3) is 0 Å². The van der Waals surface area contributed by atoms with Crippen LogP contribution in [-0.4, -0.2) is 22.4 Å². The van der Waals surface area contributed by atoms with Crippen molar-refractivity contribution in [3.05, 3.63) is 11.1 Å². The monoisotopic (exact) mass is 402 g/mol. The molecular weight excluding hydrogens is 356 g/mol. The number of aliphatic hydroxyl groups is 2. The maximum Gasteiger partial charge on any atom is 0.0763 e. The Labute approximate surface area is 179 Å². The fourth-order valence-corrected chi connectivity index (χ4v) is 8.59. The van der Waals surface area contributed by atoms with Gasteiger partial charge in [-0.1, -0.05) is 59.5 Å². The lowest BCUT2D eigenvalue weighted by Gasteiger charge is -2.56. The third-order valence-corrected chi connectivity index (χ3v) is 10.1. The van der Waals surface area contributed by atoms with Crippen molar-refractivity contribution in [3.8, 4) is 0 Å². The predicted octanol–water partition coefficient (Wildman–Crippen LogP) is 6.50. The molecule has 0 heterocycles. The highest BCUT2D eigenvalue weighted by atomic mass is 16.3. The van der Waals surface area contributed by atoms with E-state index < -0.39 is 0 Å². The molecule has 0 saturated heterocycles. The van der Waals surface area contributed by atoms with E-state index in [1.54, 1.807) is 5.57 Å². The van der Waals surface area contributed by atoms with Crippen molar-refractivity contribution in [2.24, 2.45) is 40.4 Å². The van der Waals surface area contributed by atoms with E-state index in [1.165, 1.54) is 50.5 Å². The molecule has 2 nitrogen and oxygen atoms in total. The molecule has 4 aliphatic carbocycles. The first kappa shape index (κ1) is 21.9. The smallest absolute Gasteiger partial charge is 0.0763 e. The Morgan fingerprint density at radius 2 is 1.76 bits per heavy atom. The highest BCUT2D eigenvalue weighted by Crippen LogP contribution is 2.66. The van der Waals surface area contributed by atoms with Crippen LogP contribution in [0.1, 0.15) is 105 Å². The number of allylic oxidation sites excluding steroid dienone is 1. The molecule has 1 unspecified atom stereocenters. The predicted molar refractivity (Wildman–Crippen MR) is 121 cm³/mol. The van der Waals surface area contributed by atoms with Gasteiger partial charge in [-0.3, -0.25) is 0 Å². The van der Waals surface area contributed by atoms with Gasteiger partial charge in [0.25, 0.3) is 0 Å². The van der Waals surface area contributed by atoms with E-state index in [2.05, 4.69) is 34.6 Å². The fraction of sp³-hybridized carbons (Fsp3) is 0.926. The van der Waals surface area contributed by atoms with Gasteiger partial charge in [0.2, 0.25) is 0 Å². The molecule has 0 aromatic carbocycles. The second kappa shape index (κ2) is 7.97. The van der Waals surface area contributed by atoms with Gasteiger partial charge in [-0.2, -0.15) is 0 Å². The first-order chi connectivity index (χ1) is 13.7. The van der Waals surface area contributed by atoms with Crippen LogP contribution in [0.4, 0.5) is 0 Å². The third-order valence-electron chi connectivity index (χ3n) is 10.1. The first-order valence-electron chi connectivity index (χ1n) is 12.8. The molecule has 2 fully saturated rings. The van der Waals surface area contributed by atoms with Gasteiger partial charge in [0.05, 0.1) is 12.2 Å². The molecular formula is C27H46O2. The van der Waals surface area contributed by atoms with Crippen molar-refractivity contribution in [1.29, 1.82) is 0 Å². The highest BCUT2D eigenvalue weighted by Gasteiger charge is 2.58. The molecule has 4 rings (SSSR count). The van der Waals surface area contributed by atoms with Crippen LogP contribution >= 0.6 is 0 Å². The maximum atomic E-state index is 11.5. The number of rotatable bonds is 5. The van der Waals surface area contributed by atoms with Crippen LogP contribution in [0, 0.1) is 40.4 Å². The summed E-state index contributed by atoms with van der Waals surface area (Å²) in [5.41, 5.74) is 3.52. The first-order valence-corrected chi connectivity index (χ1v) is 12.8. The second-order valence-electron chi connectivity index (χ2n) is 12.3. The SMILES string of the molecule is CC(C)CCC[C@@H](C)[C@H]1CC[C@H]2C3=C([C@@H](O)C[C@]12C)[C@@]1(C)CC[C@H](O)CC1CC3. The van der Waals surface area contributed by atoms with Crippen LogP contribution in [-0.2, 0) is 0 Å². The Kier molecular flexibility index (Phi) is 6.01. The van der Waals surface area contributed by atoms with Crippen molar-refractivity contribution >= 4 is 0 Å². The Bertz CT molecular complexity index is 636.